The van der Waals surface area contributed by atoms with Crippen molar-refractivity contribution in [1.82, 2.24) is 4.65 Å². The Balaban J connectivity index is 2.54. The van der Waals surface area contributed by atoms with Gasteiger partial charge in [0.15, 0.2) is 0 Å². The predicted octanol–water partition coefficient (Wildman–Crippen LogP) is 10.0. The molecule has 200 valence electrons. The Morgan fingerprint density at radius 2 is 1.11 bits per heavy atom. The smallest absolute Gasteiger partial charge is 0.144 e. The van der Waals surface area contributed by atoms with Crippen molar-refractivity contribution < 1.29 is 0 Å². The second kappa shape index (κ2) is 11.5. The Hall–Kier alpha value is -2.10. The fraction of sp³-hybridized carbons (Fsp3) is 0.576. The fourth-order valence-corrected chi connectivity index (χ4v) is 5.09. The number of nitrogens with one attached hydrogen (secondary N) is 1. The summed E-state index contributed by atoms with van der Waals surface area (Å²) < 4.78 is -0.474. The van der Waals surface area contributed by atoms with Gasteiger partial charge in [-0.3, -0.25) is 0 Å². The molecule has 2 aromatic rings. The van der Waals surface area contributed by atoms with Crippen LogP contribution in [0.3, 0.4) is 0 Å². The Kier molecular flexibility index (Phi) is 9.64. The summed E-state index contributed by atoms with van der Waals surface area (Å²) in [6, 6.07) is 13.1. The zero-order valence-electron chi connectivity index (χ0n) is 25.3. The van der Waals surface area contributed by atoms with Crippen molar-refractivity contribution in [1.29, 1.82) is 0 Å². The Labute approximate surface area is 222 Å². The number of anilines is 1. The van der Waals surface area contributed by atoms with Crippen LogP contribution in [-0.2, 0) is 0 Å². The normalized spacial score (nSPS) is 15.7. The van der Waals surface area contributed by atoms with Crippen molar-refractivity contribution in [2.75, 3.05) is 12.4 Å². The van der Waals surface area contributed by atoms with Crippen molar-refractivity contribution in [3.63, 3.8) is 0 Å². The average molecular weight is 493 g/mol. The molecule has 0 spiro atoms. The SMILES string of the molecule is C/C(=C\C(C)(C)[C@@H](C)Nc1c(C(C)C)cccc1C(C)C)[N+](C)([O-])c1c(C(C)C)cccc1C(C)C. The number of hydrogen-bond donors (Lipinski definition) is 1. The highest BCUT2D eigenvalue weighted by molar-refractivity contribution is 5.63. The third-order valence-corrected chi connectivity index (χ3v) is 7.87. The topological polar surface area (TPSA) is 35.1 Å². The van der Waals surface area contributed by atoms with E-state index in [2.05, 4.69) is 124 Å². The van der Waals surface area contributed by atoms with E-state index in [0.717, 1.165) is 22.5 Å². The first-order valence-electron chi connectivity index (χ1n) is 13.8. The van der Waals surface area contributed by atoms with Crippen molar-refractivity contribution in [2.24, 2.45) is 5.41 Å². The monoisotopic (exact) mass is 492 g/mol. The highest BCUT2D eigenvalue weighted by Crippen LogP contribution is 2.42. The molecule has 1 unspecified atom stereocenters. The standard InChI is InChI=1S/C33H52N2O/c1-21(2)27-16-14-17-28(22(3)4)31(27)34-26(10)33(11,12)20-25(9)35(13,36)32-29(23(5)6)18-15-19-30(32)24(7)8/h14-24,26,34H,1-13H3/b25-20+/t26-,35?/m1/s1. The number of para-hydroxylation sites is 2. The van der Waals surface area contributed by atoms with Gasteiger partial charge in [0.2, 0.25) is 0 Å². The summed E-state index contributed by atoms with van der Waals surface area (Å²) >= 11 is 0. The summed E-state index contributed by atoms with van der Waals surface area (Å²) in [6.07, 6.45) is 2.20. The van der Waals surface area contributed by atoms with E-state index < -0.39 is 4.65 Å². The lowest BCUT2D eigenvalue weighted by molar-refractivity contribution is 0.400. The summed E-state index contributed by atoms with van der Waals surface area (Å²) in [5.41, 5.74) is 7.72. The Bertz CT molecular complexity index is 1000. The molecule has 3 heteroatoms. The van der Waals surface area contributed by atoms with Crippen LogP contribution in [0, 0.1) is 10.6 Å². The van der Waals surface area contributed by atoms with Crippen molar-refractivity contribution >= 4 is 11.4 Å². The molecule has 0 bridgehead atoms. The van der Waals surface area contributed by atoms with Crippen LogP contribution >= 0.6 is 0 Å². The molecule has 0 heterocycles. The zero-order valence-corrected chi connectivity index (χ0v) is 25.3. The molecule has 0 radical (unpaired) electrons. The molecule has 0 aromatic heterocycles. The Morgan fingerprint density at radius 3 is 1.47 bits per heavy atom. The van der Waals surface area contributed by atoms with Crippen LogP contribution in [0.1, 0.15) is 129 Å². The van der Waals surface area contributed by atoms with E-state index >= 15 is 0 Å². The molecule has 0 aliphatic heterocycles. The summed E-state index contributed by atoms with van der Waals surface area (Å²) in [6.45, 7) is 26.4. The van der Waals surface area contributed by atoms with Gasteiger partial charge >= 0.3 is 0 Å². The second-order valence-corrected chi connectivity index (χ2v) is 12.6. The van der Waals surface area contributed by atoms with Gasteiger partial charge in [0.05, 0.1) is 7.05 Å². The number of benzene rings is 2. The van der Waals surface area contributed by atoms with E-state index in [0.29, 0.717) is 11.8 Å². The van der Waals surface area contributed by atoms with Crippen LogP contribution in [0.2, 0.25) is 0 Å². The molecule has 3 nitrogen and oxygen atoms in total. The van der Waals surface area contributed by atoms with E-state index in [1.165, 1.54) is 16.8 Å². The first-order chi connectivity index (χ1) is 16.5. The largest absolute Gasteiger partial charge is 0.622 e. The summed E-state index contributed by atoms with van der Waals surface area (Å²) in [5.74, 6) is 1.44. The van der Waals surface area contributed by atoms with Crippen LogP contribution in [-0.4, -0.2) is 13.1 Å². The minimum absolute atomic E-state index is 0.134. The van der Waals surface area contributed by atoms with E-state index in [9.17, 15) is 5.21 Å². The molecule has 2 atom stereocenters. The third kappa shape index (κ3) is 6.42. The molecule has 0 amide bonds. The molecule has 0 aliphatic rings. The molecular weight excluding hydrogens is 440 g/mol. The maximum absolute atomic E-state index is 14.4. The molecule has 0 aliphatic carbocycles. The summed E-state index contributed by atoms with van der Waals surface area (Å²) in [5, 5.41) is 18.3. The van der Waals surface area contributed by atoms with Crippen LogP contribution in [0.25, 0.3) is 0 Å². The number of allylic oxidation sites excluding steroid dienone is 1. The Morgan fingerprint density at radius 1 is 0.750 bits per heavy atom. The van der Waals surface area contributed by atoms with E-state index in [1.807, 2.05) is 6.92 Å². The third-order valence-electron chi connectivity index (χ3n) is 7.87. The minimum atomic E-state index is -0.474. The summed E-state index contributed by atoms with van der Waals surface area (Å²) in [4.78, 5) is 0. The van der Waals surface area contributed by atoms with E-state index in [-0.39, 0.29) is 23.3 Å². The molecule has 0 saturated carbocycles. The fourth-order valence-electron chi connectivity index (χ4n) is 5.09. The van der Waals surface area contributed by atoms with E-state index in [4.69, 9.17) is 0 Å². The van der Waals surface area contributed by atoms with Gasteiger partial charge in [0.1, 0.15) is 11.4 Å². The molecular formula is C33H52N2O. The molecule has 1 N–H and O–H groups in total. The van der Waals surface area contributed by atoms with Crippen LogP contribution in [0.4, 0.5) is 11.4 Å². The molecule has 2 aromatic carbocycles. The number of quaternary nitrogens is 1. The van der Waals surface area contributed by atoms with Crippen LogP contribution in [0.5, 0.6) is 0 Å². The molecule has 0 fully saturated rings. The summed E-state index contributed by atoms with van der Waals surface area (Å²) in [7, 11) is 1.80. The minimum Gasteiger partial charge on any atom is -0.622 e. The highest BCUT2D eigenvalue weighted by atomic mass is 16.5. The lowest BCUT2D eigenvalue weighted by Crippen LogP contribution is -2.41. The van der Waals surface area contributed by atoms with Gasteiger partial charge in [0, 0.05) is 35.2 Å². The maximum atomic E-state index is 14.4. The van der Waals surface area contributed by atoms with Gasteiger partial charge < -0.3 is 15.2 Å². The molecule has 0 saturated heterocycles. The number of hydroxylamine groups is 2. The first-order valence-corrected chi connectivity index (χ1v) is 13.8. The zero-order chi connectivity index (χ0) is 27.6. The van der Waals surface area contributed by atoms with Crippen molar-refractivity contribution in [2.45, 2.75) is 113 Å². The maximum Gasteiger partial charge on any atom is 0.144 e. The quantitative estimate of drug-likeness (QED) is 0.264. The highest BCUT2D eigenvalue weighted by Gasteiger charge is 2.32. The van der Waals surface area contributed by atoms with E-state index in [1.54, 1.807) is 7.05 Å². The number of rotatable bonds is 10. The lowest BCUT2D eigenvalue weighted by atomic mass is 9.83. The van der Waals surface area contributed by atoms with Gasteiger partial charge in [-0.1, -0.05) is 106 Å². The van der Waals surface area contributed by atoms with Gasteiger partial charge in [0.25, 0.3) is 0 Å². The second-order valence-electron chi connectivity index (χ2n) is 12.6. The average Bonchev–Trinajstić information content (AvgIpc) is 2.77. The first kappa shape index (κ1) is 30.1. The number of nitrogens with zero attached hydrogens (tertiary/aromatic N) is 1. The molecule has 36 heavy (non-hydrogen) atoms. The molecule has 2 rings (SSSR count). The van der Waals surface area contributed by atoms with Gasteiger partial charge in [-0.15, -0.1) is 0 Å². The van der Waals surface area contributed by atoms with Gasteiger partial charge in [-0.05, 0) is 47.8 Å². The predicted molar refractivity (Wildman–Crippen MR) is 161 cm³/mol. The number of hydrogen-bond acceptors (Lipinski definition) is 2. The van der Waals surface area contributed by atoms with Crippen molar-refractivity contribution in [3.05, 3.63) is 75.6 Å². The van der Waals surface area contributed by atoms with Gasteiger partial charge in [-0.2, -0.15) is 0 Å². The lowest BCUT2D eigenvalue weighted by Gasteiger charge is -2.43. The van der Waals surface area contributed by atoms with Crippen molar-refractivity contribution in [3.8, 4) is 0 Å². The van der Waals surface area contributed by atoms with Crippen LogP contribution in [0.15, 0.2) is 48.2 Å². The van der Waals surface area contributed by atoms with Crippen LogP contribution < -0.4 is 9.96 Å². The van der Waals surface area contributed by atoms with Gasteiger partial charge in [-0.25, -0.2) is 0 Å².